The van der Waals surface area contributed by atoms with Gasteiger partial charge in [-0.05, 0) is 60.7 Å². The molecule has 1 aromatic heterocycles. The summed E-state index contributed by atoms with van der Waals surface area (Å²) in [5.74, 6) is -0.952. The molecular formula is C27H27N3O3. The van der Waals surface area contributed by atoms with Crippen molar-refractivity contribution in [2.45, 2.75) is 39.7 Å². The molecule has 0 bridgehead atoms. The van der Waals surface area contributed by atoms with Gasteiger partial charge in [-0.2, -0.15) is 0 Å². The Hall–Kier alpha value is -3.93. The van der Waals surface area contributed by atoms with E-state index in [1.165, 1.54) is 0 Å². The molecule has 1 aliphatic heterocycles. The van der Waals surface area contributed by atoms with E-state index in [2.05, 4.69) is 25.2 Å². The molecule has 3 aromatic rings. The van der Waals surface area contributed by atoms with E-state index in [9.17, 15) is 14.4 Å². The van der Waals surface area contributed by atoms with Crippen LogP contribution in [-0.4, -0.2) is 22.4 Å². The normalized spacial score (nSPS) is 16.3. The first-order chi connectivity index (χ1) is 15.9. The standard InChI is InChI=1S/C27H27N3O3/c1-4-19(3)21-10-12-22(13-11-21)30-26(32)24(25(31)28-27(30)33)16-23-9-6-14-29(23)17-20-8-5-7-18(2)15-20/h5-16,19H,4,17H2,1-3H3,(H,28,31,33)/b24-16+/t19-/m1/s1. The van der Waals surface area contributed by atoms with Crippen LogP contribution < -0.4 is 10.2 Å². The summed E-state index contributed by atoms with van der Waals surface area (Å²) in [7, 11) is 0. The number of barbiturate groups is 1. The first-order valence-electron chi connectivity index (χ1n) is 11.1. The summed E-state index contributed by atoms with van der Waals surface area (Å²) in [6, 6.07) is 18.4. The monoisotopic (exact) mass is 441 g/mol. The molecule has 2 aromatic carbocycles. The second-order valence-corrected chi connectivity index (χ2v) is 8.41. The molecule has 1 fully saturated rings. The molecule has 2 heterocycles. The minimum Gasteiger partial charge on any atom is -0.344 e. The fourth-order valence-electron chi connectivity index (χ4n) is 3.94. The van der Waals surface area contributed by atoms with E-state index < -0.39 is 17.8 Å². The van der Waals surface area contributed by atoms with Crippen molar-refractivity contribution in [3.05, 3.63) is 94.8 Å². The van der Waals surface area contributed by atoms with E-state index in [1.54, 1.807) is 18.2 Å². The molecule has 1 N–H and O–H groups in total. The summed E-state index contributed by atoms with van der Waals surface area (Å²) in [5.41, 5.74) is 4.46. The fourth-order valence-corrected chi connectivity index (χ4v) is 3.94. The van der Waals surface area contributed by atoms with Gasteiger partial charge in [0.2, 0.25) is 0 Å². The summed E-state index contributed by atoms with van der Waals surface area (Å²) in [4.78, 5) is 39.3. The van der Waals surface area contributed by atoms with Crippen molar-refractivity contribution < 1.29 is 14.4 Å². The highest BCUT2D eigenvalue weighted by Crippen LogP contribution is 2.26. The van der Waals surface area contributed by atoms with Gasteiger partial charge in [0.1, 0.15) is 5.57 Å². The number of nitrogens with one attached hydrogen (secondary N) is 1. The van der Waals surface area contributed by atoms with Crippen LogP contribution in [0.25, 0.3) is 6.08 Å². The first kappa shape index (κ1) is 22.3. The fraction of sp³-hybridized carbons (Fsp3) is 0.222. The van der Waals surface area contributed by atoms with Crippen LogP contribution in [-0.2, 0) is 16.1 Å². The number of urea groups is 1. The molecule has 0 unspecified atom stereocenters. The van der Waals surface area contributed by atoms with Crippen LogP contribution in [0.15, 0.2) is 72.4 Å². The molecular weight excluding hydrogens is 414 g/mol. The predicted molar refractivity (Wildman–Crippen MR) is 129 cm³/mol. The highest BCUT2D eigenvalue weighted by molar-refractivity contribution is 6.39. The van der Waals surface area contributed by atoms with Gasteiger partial charge in [0, 0.05) is 18.4 Å². The van der Waals surface area contributed by atoms with Crippen LogP contribution >= 0.6 is 0 Å². The Morgan fingerprint density at radius 2 is 1.76 bits per heavy atom. The maximum atomic E-state index is 13.2. The average molecular weight is 442 g/mol. The zero-order valence-electron chi connectivity index (χ0n) is 19.0. The summed E-state index contributed by atoms with van der Waals surface area (Å²) < 4.78 is 1.96. The molecule has 6 nitrogen and oxygen atoms in total. The quantitative estimate of drug-likeness (QED) is 0.431. The number of amides is 4. The van der Waals surface area contributed by atoms with E-state index in [0.29, 0.717) is 23.8 Å². The molecule has 0 saturated carbocycles. The maximum Gasteiger partial charge on any atom is 0.335 e. The van der Waals surface area contributed by atoms with E-state index in [0.717, 1.165) is 28.0 Å². The molecule has 4 amide bonds. The average Bonchev–Trinajstić information content (AvgIpc) is 3.23. The first-order valence-corrected chi connectivity index (χ1v) is 11.1. The lowest BCUT2D eigenvalue weighted by Crippen LogP contribution is -2.54. The van der Waals surface area contributed by atoms with Gasteiger partial charge in [0.05, 0.1) is 5.69 Å². The van der Waals surface area contributed by atoms with E-state index in [-0.39, 0.29) is 5.57 Å². The highest BCUT2D eigenvalue weighted by Gasteiger charge is 2.37. The van der Waals surface area contributed by atoms with Crippen LogP contribution in [0.3, 0.4) is 0 Å². The Labute approximate surface area is 193 Å². The Balaban J connectivity index is 1.63. The third-order valence-corrected chi connectivity index (χ3v) is 6.03. The Kier molecular flexibility index (Phi) is 6.27. The van der Waals surface area contributed by atoms with Crippen molar-refractivity contribution in [3.8, 4) is 0 Å². The van der Waals surface area contributed by atoms with Crippen molar-refractivity contribution in [1.29, 1.82) is 0 Å². The summed E-state index contributed by atoms with van der Waals surface area (Å²) in [6.45, 7) is 6.87. The van der Waals surface area contributed by atoms with Crippen molar-refractivity contribution in [1.82, 2.24) is 9.88 Å². The SMILES string of the molecule is CC[C@@H](C)c1ccc(N2C(=O)NC(=O)/C(=C\c3cccn3Cc3cccc(C)c3)C2=O)cc1. The van der Waals surface area contributed by atoms with Crippen LogP contribution in [0.1, 0.15) is 48.6 Å². The molecule has 1 atom stereocenters. The predicted octanol–water partition coefficient (Wildman–Crippen LogP) is 5.02. The molecule has 168 valence electrons. The number of aryl methyl sites for hydroxylation is 1. The second-order valence-electron chi connectivity index (χ2n) is 8.41. The van der Waals surface area contributed by atoms with E-state index in [4.69, 9.17) is 0 Å². The molecule has 0 radical (unpaired) electrons. The number of imide groups is 2. The molecule has 0 spiro atoms. The number of anilines is 1. The van der Waals surface area contributed by atoms with Crippen molar-refractivity contribution in [3.63, 3.8) is 0 Å². The summed E-state index contributed by atoms with van der Waals surface area (Å²) in [6.07, 6.45) is 4.43. The second kappa shape index (κ2) is 9.28. The van der Waals surface area contributed by atoms with Gasteiger partial charge in [-0.25, -0.2) is 9.69 Å². The largest absolute Gasteiger partial charge is 0.344 e. The van der Waals surface area contributed by atoms with E-state index >= 15 is 0 Å². The lowest BCUT2D eigenvalue weighted by atomic mass is 9.98. The van der Waals surface area contributed by atoms with Crippen LogP contribution in [0, 0.1) is 6.92 Å². The lowest BCUT2D eigenvalue weighted by molar-refractivity contribution is -0.122. The minimum absolute atomic E-state index is 0.0789. The van der Waals surface area contributed by atoms with Gasteiger partial charge in [-0.15, -0.1) is 0 Å². The highest BCUT2D eigenvalue weighted by atomic mass is 16.2. The number of carbonyl (C=O) groups is 3. The molecule has 6 heteroatoms. The molecule has 1 saturated heterocycles. The molecule has 33 heavy (non-hydrogen) atoms. The van der Waals surface area contributed by atoms with Gasteiger partial charge in [-0.3, -0.25) is 14.9 Å². The van der Waals surface area contributed by atoms with Crippen LogP contribution in [0.5, 0.6) is 0 Å². The Morgan fingerprint density at radius 1 is 1.00 bits per heavy atom. The van der Waals surface area contributed by atoms with Gasteiger partial charge in [0.15, 0.2) is 0 Å². The summed E-state index contributed by atoms with van der Waals surface area (Å²) in [5, 5.41) is 2.30. The van der Waals surface area contributed by atoms with Crippen LogP contribution in [0.2, 0.25) is 0 Å². The third kappa shape index (κ3) is 4.65. The van der Waals surface area contributed by atoms with Crippen LogP contribution in [0.4, 0.5) is 10.5 Å². The number of hydrogen-bond acceptors (Lipinski definition) is 3. The number of carbonyl (C=O) groups excluding carboxylic acids is 3. The smallest absolute Gasteiger partial charge is 0.335 e. The summed E-state index contributed by atoms with van der Waals surface area (Å²) >= 11 is 0. The molecule has 0 aliphatic carbocycles. The topological polar surface area (TPSA) is 71.4 Å². The van der Waals surface area contributed by atoms with Crippen molar-refractivity contribution in [2.75, 3.05) is 4.90 Å². The number of rotatable bonds is 6. The molecule has 1 aliphatic rings. The zero-order chi connectivity index (χ0) is 23.5. The lowest BCUT2D eigenvalue weighted by Gasteiger charge is -2.26. The van der Waals surface area contributed by atoms with Gasteiger partial charge >= 0.3 is 6.03 Å². The van der Waals surface area contributed by atoms with Gasteiger partial charge < -0.3 is 4.57 Å². The number of benzene rings is 2. The Bertz CT molecular complexity index is 1240. The molecule has 4 rings (SSSR count). The van der Waals surface area contributed by atoms with Crippen molar-refractivity contribution >= 4 is 29.6 Å². The number of hydrogen-bond donors (Lipinski definition) is 1. The third-order valence-electron chi connectivity index (χ3n) is 6.03. The number of nitrogens with zero attached hydrogens (tertiary/aromatic N) is 2. The van der Waals surface area contributed by atoms with Gasteiger partial charge in [-0.1, -0.05) is 55.8 Å². The van der Waals surface area contributed by atoms with Gasteiger partial charge in [0.25, 0.3) is 11.8 Å². The number of aromatic nitrogens is 1. The Morgan fingerprint density at radius 3 is 2.45 bits per heavy atom. The van der Waals surface area contributed by atoms with E-state index in [1.807, 2.05) is 60.2 Å². The van der Waals surface area contributed by atoms with Crippen molar-refractivity contribution in [2.24, 2.45) is 0 Å². The zero-order valence-corrected chi connectivity index (χ0v) is 19.0. The minimum atomic E-state index is -0.742. The maximum absolute atomic E-state index is 13.2.